The molecule has 2 aromatic rings. The van der Waals surface area contributed by atoms with Gasteiger partial charge < -0.3 is 9.84 Å². The minimum absolute atomic E-state index is 0.346. The van der Waals surface area contributed by atoms with E-state index in [1.54, 1.807) is 12.1 Å². The number of carboxylic acids is 1. The summed E-state index contributed by atoms with van der Waals surface area (Å²) < 4.78 is 7.27. The second-order valence-electron chi connectivity index (χ2n) is 6.46. The molecular formula is C18H24ClN3O3. The molecule has 0 fully saturated rings. The third kappa shape index (κ3) is 5.47. The number of aliphatic carboxylic acids is 1. The Kier molecular flexibility index (Phi) is 6.45. The molecule has 0 bridgehead atoms. The van der Waals surface area contributed by atoms with Crippen LogP contribution in [0.2, 0.25) is 5.02 Å². The number of halogens is 1. The molecule has 1 heterocycles. The average Bonchev–Trinajstić information content (AvgIpc) is 2.98. The van der Waals surface area contributed by atoms with Crippen LogP contribution in [0.25, 0.3) is 0 Å². The minimum atomic E-state index is -1.03. The predicted molar refractivity (Wildman–Crippen MR) is 97.0 cm³/mol. The number of nitrogens with zero attached hydrogens (tertiary/aromatic N) is 3. The lowest BCUT2D eigenvalue weighted by Crippen LogP contribution is -2.23. The molecule has 0 aliphatic heterocycles. The normalized spacial score (nSPS) is 12.6. The van der Waals surface area contributed by atoms with Crippen molar-refractivity contribution in [3.8, 4) is 5.75 Å². The van der Waals surface area contributed by atoms with E-state index in [-0.39, 0.29) is 0 Å². The van der Waals surface area contributed by atoms with Gasteiger partial charge in [0.1, 0.15) is 5.75 Å². The van der Waals surface area contributed by atoms with Gasteiger partial charge in [-0.3, -0.25) is 9.58 Å². The van der Waals surface area contributed by atoms with Gasteiger partial charge in [0.05, 0.1) is 11.2 Å². The van der Waals surface area contributed by atoms with Crippen LogP contribution in [0, 0.1) is 0 Å². The molecule has 0 unspecified atom stereocenters. The summed E-state index contributed by atoms with van der Waals surface area (Å²) in [6, 6.07) is 5.75. The molecular weight excluding hydrogens is 342 g/mol. The lowest BCUT2D eigenvalue weighted by molar-refractivity contribution is -0.144. The zero-order valence-electron chi connectivity index (χ0n) is 14.9. The highest BCUT2D eigenvalue weighted by atomic mass is 35.5. The summed E-state index contributed by atoms with van der Waals surface area (Å²) >= 11 is 6.21. The van der Waals surface area contributed by atoms with Gasteiger partial charge >= 0.3 is 5.97 Å². The van der Waals surface area contributed by atoms with Crippen LogP contribution in [-0.2, 0) is 17.9 Å². The summed E-state index contributed by atoms with van der Waals surface area (Å²) in [4.78, 5) is 13.0. The highest BCUT2D eigenvalue weighted by Crippen LogP contribution is 2.27. The molecule has 1 atom stereocenters. The molecule has 136 valence electrons. The van der Waals surface area contributed by atoms with Gasteiger partial charge in [0, 0.05) is 30.9 Å². The Balaban J connectivity index is 1.97. The van der Waals surface area contributed by atoms with Crippen LogP contribution in [0.3, 0.4) is 0 Å². The monoisotopic (exact) mass is 365 g/mol. The first kappa shape index (κ1) is 19.3. The Hall–Kier alpha value is -2.05. The Morgan fingerprint density at radius 1 is 1.32 bits per heavy atom. The number of carboxylic acid groups (broad SMARTS) is 1. The molecule has 7 heteroatoms. The third-order valence-electron chi connectivity index (χ3n) is 3.74. The number of carbonyl (C=O) groups is 1. The van der Waals surface area contributed by atoms with Gasteiger partial charge in [-0.1, -0.05) is 17.7 Å². The van der Waals surface area contributed by atoms with Crippen LogP contribution in [-0.4, -0.2) is 38.9 Å². The largest absolute Gasteiger partial charge is 0.479 e. The number of hydrogen-bond acceptors (Lipinski definition) is 4. The fourth-order valence-corrected chi connectivity index (χ4v) is 2.65. The zero-order chi connectivity index (χ0) is 18.6. The summed E-state index contributed by atoms with van der Waals surface area (Å²) in [6.07, 6.45) is 3.00. The highest BCUT2D eigenvalue weighted by molar-refractivity contribution is 6.32. The van der Waals surface area contributed by atoms with Crippen LogP contribution in [0.15, 0.2) is 30.6 Å². The Morgan fingerprint density at radius 3 is 2.56 bits per heavy atom. The van der Waals surface area contributed by atoms with Crippen molar-refractivity contribution in [3.05, 3.63) is 46.7 Å². The van der Waals surface area contributed by atoms with Crippen molar-refractivity contribution in [1.29, 1.82) is 0 Å². The molecule has 1 aromatic carbocycles. The molecule has 0 aliphatic rings. The summed E-state index contributed by atoms with van der Waals surface area (Å²) in [6.45, 7) is 7.15. The maximum absolute atomic E-state index is 10.9. The van der Waals surface area contributed by atoms with Crippen molar-refractivity contribution in [2.24, 2.45) is 0 Å². The van der Waals surface area contributed by atoms with E-state index in [2.05, 4.69) is 30.0 Å². The second-order valence-corrected chi connectivity index (χ2v) is 6.86. The van der Waals surface area contributed by atoms with Gasteiger partial charge in [-0.15, -0.1) is 0 Å². The Morgan fingerprint density at radius 2 is 2.00 bits per heavy atom. The molecule has 0 radical (unpaired) electrons. The van der Waals surface area contributed by atoms with Crippen LogP contribution in [0.5, 0.6) is 5.75 Å². The van der Waals surface area contributed by atoms with E-state index in [0.717, 1.165) is 17.7 Å². The summed E-state index contributed by atoms with van der Waals surface area (Å²) in [7, 11) is 2.03. The molecule has 2 rings (SSSR count). The van der Waals surface area contributed by atoms with E-state index < -0.39 is 12.1 Å². The molecule has 0 saturated carbocycles. The van der Waals surface area contributed by atoms with Crippen LogP contribution in [0.1, 0.15) is 37.9 Å². The lowest BCUT2D eigenvalue weighted by Gasteiger charge is -2.17. The first-order chi connectivity index (χ1) is 11.8. The van der Waals surface area contributed by atoms with Crippen LogP contribution < -0.4 is 4.74 Å². The predicted octanol–water partition coefficient (Wildman–Crippen LogP) is 3.60. The van der Waals surface area contributed by atoms with E-state index in [9.17, 15) is 4.79 Å². The number of hydrogen-bond donors (Lipinski definition) is 1. The SMILES string of the molecule is CC(C)n1cc(CN(C)Cc2ccc(O[C@@H](C)C(=O)O)c(Cl)c2)cn1. The van der Waals surface area contributed by atoms with E-state index in [0.29, 0.717) is 23.4 Å². The average molecular weight is 366 g/mol. The van der Waals surface area contributed by atoms with Gasteiger partial charge in [-0.2, -0.15) is 5.10 Å². The quantitative estimate of drug-likeness (QED) is 0.774. The van der Waals surface area contributed by atoms with E-state index in [4.69, 9.17) is 21.4 Å². The van der Waals surface area contributed by atoms with Gasteiger partial charge in [0.25, 0.3) is 0 Å². The van der Waals surface area contributed by atoms with Gasteiger partial charge in [0.15, 0.2) is 6.10 Å². The maximum Gasteiger partial charge on any atom is 0.344 e. The molecule has 1 aromatic heterocycles. The smallest absolute Gasteiger partial charge is 0.344 e. The molecule has 0 spiro atoms. The van der Waals surface area contributed by atoms with Gasteiger partial charge in [0.2, 0.25) is 0 Å². The Labute approximate surface area is 153 Å². The molecule has 1 N–H and O–H groups in total. The number of aromatic nitrogens is 2. The number of benzene rings is 1. The van der Waals surface area contributed by atoms with Crippen molar-refractivity contribution in [2.75, 3.05) is 7.05 Å². The highest BCUT2D eigenvalue weighted by Gasteiger charge is 2.15. The molecule has 6 nitrogen and oxygen atoms in total. The zero-order valence-corrected chi connectivity index (χ0v) is 15.7. The lowest BCUT2D eigenvalue weighted by atomic mass is 10.2. The third-order valence-corrected chi connectivity index (χ3v) is 4.03. The molecule has 25 heavy (non-hydrogen) atoms. The first-order valence-electron chi connectivity index (χ1n) is 8.15. The summed E-state index contributed by atoms with van der Waals surface area (Å²) in [5, 5.41) is 13.7. The first-order valence-corrected chi connectivity index (χ1v) is 8.53. The van der Waals surface area contributed by atoms with Crippen molar-refractivity contribution in [1.82, 2.24) is 14.7 Å². The van der Waals surface area contributed by atoms with Gasteiger partial charge in [-0.05, 0) is 45.5 Å². The molecule has 0 aliphatic carbocycles. The van der Waals surface area contributed by atoms with Crippen molar-refractivity contribution in [3.63, 3.8) is 0 Å². The molecule has 0 amide bonds. The Bertz CT molecular complexity index is 730. The van der Waals surface area contributed by atoms with Crippen molar-refractivity contribution < 1.29 is 14.6 Å². The number of ether oxygens (including phenoxy) is 1. The summed E-state index contributed by atoms with van der Waals surface area (Å²) in [5.41, 5.74) is 2.18. The van der Waals surface area contributed by atoms with Crippen LogP contribution >= 0.6 is 11.6 Å². The van der Waals surface area contributed by atoms with Crippen molar-refractivity contribution in [2.45, 2.75) is 46.0 Å². The second kappa shape index (κ2) is 8.36. The minimum Gasteiger partial charge on any atom is -0.479 e. The molecule has 0 saturated heterocycles. The number of rotatable bonds is 8. The van der Waals surface area contributed by atoms with E-state index in [1.165, 1.54) is 6.92 Å². The fraction of sp³-hybridized carbons (Fsp3) is 0.444. The van der Waals surface area contributed by atoms with E-state index >= 15 is 0 Å². The standard InChI is InChI=1S/C18H24ClN3O3/c1-12(2)22-11-15(8-20-22)10-21(4)9-14-5-6-17(16(19)7-14)25-13(3)18(23)24/h5-8,11-13H,9-10H2,1-4H3,(H,23,24)/t13-/m0/s1. The van der Waals surface area contributed by atoms with E-state index in [1.807, 2.05) is 24.0 Å². The van der Waals surface area contributed by atoms with Gasteiger partial charge in [-0.25, -0.2) is 4.79 Å². The summed E-state index contributed by atoms with van der Waals surface area (Å²) in [5.74, 6) is -0.650. The maximum atomic E-state index is 10.9. The topological polar surface area (TPSA) is 67.6 Å². The fourth-order valence-electron chi connectivity index (χ4n) is 2.40. The van der Waals surface area contributed by atoms with Crippen LogP contribution in [0.4, 0.5) is 0 Å². The van der Waals surface area contributed by atoms with Crippen molar-refractivity contribution >= 4 is 17.6 Å².